The maximum absolute atomic E-state index is 5.69. The molecule has 1 rings (SSSR count). The Balaban J connectivity index is 2.54. The highest BCUT2D eigenvalue weighted by atomic mass is 32.2. The van der Waals surface area contributed by atoms with Crippen LogP contribution in [-0.4, -0.2) is 30.3 Å². The van der Waals surface area contributed by atoms with Crippen LogP contribution in [-0.2, 0) is 4.74 Å². The van der Waals surface area contributed by atoms with Crippen LogP contribution < -0.4 is 11.3 Å². The molecule has 78 valence electrons. The zero-order chi connectivity index (χ0) is 9.90. The van der Waals surface area contributed by atoms with Crippen molar-refractivity contribution in [1.29, 1.82) is 0 Å². The molecule has 1 saturated heterocycles. The average molecular weight is 204 g/mol. The van der Waals surface area contributed by atoms with Gasteiger partial charge in [-0.1, -0.05) is 20.8 Å². The zero-order valence-corrected chi connectivity index (χ0v) is 9.49. The lowest BCUT2D eigenvalue weighted by Crippen LogP contribution is -2.54. The number of hydrazine groups is 1. The summed E-state index contributed by atoms with van der Waals surface area (Å²) in [6.45, 7) is 7.39. The Morgan fingerprint density at radius 2 is 2.23 bits per heavy atom. The van der Waals surface area contributed by atoms with Crippen LogP contribution in [0.3, 0.4) is 0 Å². The molecule has 0 aromatic heterocycles. The highest BCUT2D eigenvalue weighted by molar-refractivity contribution is 7.99. The molecular weight excluding hydrogens is 184 g/mol. The van der Waals surface area contributed by atoms with Crippen LogP contribution in [0.4, 0.5) is 0 Å². The number of ether oxygens (including phenoxy) is 1. The second-order valence-corrected chi connectivity index (χ2v) is 5.64. The monoisotopic (exact) mass is 204 g/mol. The normalized spacial score (nSPS) is 27.2. The Kier molecular flexibility index (Phi) is 4.04. The van der Waals surface area contributed by atoms with Gasteiger partial charge in [0.15, 0.2) is 0 Å². The van der Waals surface area contributed by atoms with Crippen molar-refractivity contribution in [2.24, 2.45) is 11.3 Å². The lowest BCUT2D eigenvalue weighted by molar-refractivity contribution is 0.0144. The first-order valence-corrected chi connectivity index (χ1v) is 5.86. The van der Waals surface area contributed by atoms with Gasteiger partial charge in [-0.25, -0.2) is 0 Å². The van der Waals surface area contributed by atoms with Gasteiger partial charge in [0, 0.05) is 11.5 Å². The Hall–Kier alpha value is 0.230. The molecule has 0 saturated carbocycles. The van der Waals surface area contributed by atoms with Crippen molar-refractivity contribution < 1.29 is 4.74 Å². The molecule has 0 aliphatic carbocycles. The van der Waals surface area contributed by atoms with Crippen LogP contribution in [0, 0.1) is 5.41 Å². The van der Waals surface area contributed by atoms with Crippen LogP contribution >= 0.6 is 11.8 Å². The van der Waals surface area contributed by atoms with E-state index in [0.29, 0.717) is 0 Å². The zero-order valence-electron chi connectivity index (χ0n) is 8.67. The van der Waals surface area contributed by atoms with E-state index >= 15 is 0 Å². The molecule has 1 aliphatic rings. The van der Waals surface area contributed by atoms with E-state index in [1.165, 1.54) is 0 Å². The quantitative estimate of drug-likeness (QED) is 0.520. The van der Waals surface area contributed by atoms with Gasteiger partial charge < -0.3 is 4.74 Å². The van der Waals surface area contributed by atoms with Crippen molar-refractivity contribution in [3.8, 4) is 0 Å². The first-order valence-electron chi connectivity index (χ1n) is 4.71. The minimum Gasteiger partial charge on any atom is -0.375 e. The van der Waals surface area contributed by atoms with Gasteiger partial charge in [-0.3, -0.25) is 11.3 Å². The maximum atomic E-state index is 5.69. The SMILES string of the molecule is CC(C)(C)C(NN)C1CSCCO1. The van der Waals surface area contributed by atoms with Gasteiger partial charge in [0.25, 0.3) is 0 Å². The molecule has 4 heteroatoms. The Morgan fingerprint density at radius 3 is 2.62 bits per heavy atom. The first-order chi connectivity index (χ1) is 6.05. The van der Waals surface area contributed by atoms with Crippen LogP contribution in [0.5, 0.6) is 0 Å². The number of thioether (sulfide) groups is 1. The summed E-state index contributed by atoms with van der Waals surface area (Å²) in [5, 5.41) is 0. The van der Waals surface area contributed by atoms with Crippen molar-refractivity contribution in [2.75, 3.05) is 18.1 Å². The predicted octanol–water partition coefficient (Wildman–Crippen LogP) is 0.996. The minimum absolute atomic E-state index is 0.150. The molecule has 1 aliphatic heterocycles. The molecule has 0 aromatic carbocycles. The third kappa shape index (κ3) is 3.13. The number of hydrogen-bond donors (Lipinski definition) is 2. The van der Waals surface area contributed by atoms with Crippen molar-refractivity contribution in [3.63, 3.8) is 0 Å². The third-order valence-corrected chi connectivity index (χ3v) is 3.35. The molecule has 1 fully saturated rings. The van der Waals surface area contributed by atoms with E-state index in [9.17, 15) is 0 Å². The summed E-state index contributed by atoms with van der Waals surface area (Å²) < 4.78 is 5.69. The molecular formula is C9H20N2OS. The average Bonchev–Trinajstić information content (AvgIpc) is 2.05. The Morgan fingerprint density at radius 1 is 1.54 bits per heavy atom. The van der Waals surface area contributed by atoms with E-state index in [2.05, 4.69) is 26.2 Å². The van der Waals surface area contributed by atoms with Crippen molar-refractivity contribution in [1.82, 2.24) is 5.43 Å². The van der Waals surface area contributed by atoms with E-state index in [-0.39, 0.29) is 17.6 Å². The van der Waals surface area contributed by atoms with Gasteiger partial charge in [0.1, 0.15) is 0 Å². The molecule has 2 atom stereocenters. The second kappa shape index (κ2) is 4.64. The summed E-state index contributed by atoms with van der Waals surface area (Å²) in [6.07, 6.45) is 0.253. The smallest absolute Gasteiger partial charge is 0.0837 e. The summed E-state index contributed by atoms with van der Waals surface area (Å²) in [4.78, 5) is 0. The van der Waals surface area contributed by atoms with Gasteiger partial charge in [0.2, 0.25) is 0 Å². The molecule has 0 spiro atoms. The summed E-state index contributed by atoms with van der Waals surface area (Å²) >= 11 is 1.94. The van der Waals surface area contributed by atoms with E-state index in [4.69, 9.17) is 10.6 Å². The van der Waals surface area contributed by atoms with Crippen molar-refractivity contribution >= 4 is 11.8 Å². The lowest BCUT2D eigenvalue weighted by Gasteiger charge is -2.37. The fourth-order valence-electron chi connectivity index (χ4n) is 1.61. The van der Waals surface area contributed by atoms with E-state index in [1.54, 1.807) is 0 Å². The van der Waals surface area contributed by atoms with Crippen LogP contribution in [0.1, 0.15) is 20.8 Å². The predicted molar refractivity (Wildman–Crippen MR) is 57.6 cm³/mol. The second-order valence-electron chi connectivity index (χ2n) is 4.49. The summed E-state index contributed by atoms with van der Waals surface area (Å²) in [5.74, 6) is 7.71. The largest absolute Gasteiger partial charge is 0.375 e. The summed E-state index contributed by atoms with van der Waals surface area (Å²) in [6, 6.07) is 0.236. The fourth-order valence-corrected chi connectivity index (χ4v) is 2.52. The van der Waals surface area contributed by atoms with Gasteiger partial charge >= 0.3 is 0 Å². The van der Waals surface area contributed by atoms with Crippen LogP contribution in [0.2, 0.25) is 0 Å². The van der Waals surface area contributed by atoms with Crippen molar-refractivity contribution in [3.05, 3.63) is 0 Å². The van der Waals surface area contributed by atoms with Gasteiger partial charge in [-0.2, -0.15) is 11.8 Å². The topological polar surface area (TPSA) is 47.3 Å². The lowest BCUT2D eigenvalue weighted by atomic mass is 9.84. The van der Waals surface area contributed by atoms with E-state index in [1.807, 2.05) is 11.8 Å². The molecule has 2 unspecified atom stereocenters. The van der Waals surface area contributed by atoms with Crippen molar-refractivity contribution in [2.45, 2.75) is 32.9 Å². The number of nitrogens with one attached hydrogen (secondary N) is 1. The molecule has 1 heterocycles. The minimum atomic E-state index is 0.150. The molecule has 0 radical (unpaired) electrons. The van der Waals surface area contributed by atoms with Crippen LogP contribution in [0.25, 0.3) is 0 Å². The Bertz CT molecular complexity index is 152. The van der Waals surface area contributed by atoms with Gasteiger partial charge in [-0.05, 0) is 5.41 Å². The fraction of sp³-hybridized carbons (Fsp3) is 1.00. The van der Waals surface area contributed by atoms with E-state index < -0.39 is 0 Å². The number of hydrogen-bond acceptors (Lipinski definition) is 4. The first kappa shape index (κ1) is 11.3. The van der Waals surface area contributed by atoms with E-state index in [0.717, 1.165) is 18.1 Å². The standard InChI is InChI=1S/C9H20N2OS/c1-9(2,3)8(11-10)7-6-13-5-4-12-7/h7-8,11H,4-6,10H2,1-3H3. The molecule has 13 heavy (non-hydrogen) atoms. The molecule has 3 nitrogen and oxygen atoms in total. The molecule has 0 bridgehead atoms. The molecule has 0 amide bonds. The highest BCUT2D eigenvalue weighted by Gasteiger charge is 2.33. The highest BCUT2D eigenvalue weighted by Crippen LogP contribution is 2.26. The summed E-state index contributed by atoms with van der Waals surface area (Å²) in [7, 11) is 0. The third-order valence-electron chi connectivity index (χ3n) is 2.33. The summed E-state index contributed by atoms with van der Waals surface area (Å²) in [5.41, 5.74) is 3.02. The number of nitrogens with two attached hydrogens (primary N) is 1. The molecule has 0 aromatic rings. The van der Waals surface area contributed by atoms with Crippen LogP contribution in [0.15, 0.2) is 0 Å². The number of rotatable bonds is 2. The Labute approximate surface area is 84.7 Å². The van der Waals surface area contributed by atoms with Gasteiger partial charge in [0.05, 0.1) is 18.8 Å². The maximum Gasteiger partial charge on any atom is 0.0837 e. The molecule has 3 N–H and O–H groups in total. The van der Waals surface area contributed by atoms with Gasteiger partial charge in [-0.15, -0.1) is 0 Å².